The van der Waals surface area contributed by atoms with E-state index in [4.69, 9.17) is 26.2 Å². The van der Waals surface area contributed by atoms with Crippen molar-refractivity contribution in [3.05, 3.63) is 47.5 Å². The number of aromatic nitrogens is 2. The normalized spacial score (nSPS) is 11.1. The highest BCUT2D eigenvalue weighted by atomic mass is 35.5. The monoisotopic (exact) mass is 506 g/mol. The van der Waals surface area contributed by atoms with Crippen LogP contribution in [0.2, 0.25) is 5.02 Å². The number of hydrogen-bond donors (Lipinski definition) is 3. The van der Waals surface area contributed by atoms with E-state index in [9.17, 15) is 14.3 Å². The van der Waals surface area contributed by atoms with Crippen molar-refractivity contribution in [3.63, 3.8) is 0 Å². The zero-order valence-corrected chi connectivity index (χ0v) is 20.1. The Kier molecular flexibility index (Phi) is 9.98. The van der Waals surface area contributed by atoms with Crippen LogP contribution in [0.5, 0.6) is 11.5 Å². The smallest absolute Gasteiger partial charge is 0.162 e. The van der Waals surface area contributed by atoms with Gasteiger partial charge in [0.2, 0.25) is 0 Å². The van der Waals surface area contributed by atoms with Crippen LogP contribution < -0.4 is 14.8 Å². The third-order valence-electron chi connectivity index (χ3n) is 5.29. The van der Waals surface area contributed by atoms with E-state index in [1.807, 2.05) is 4.90 Å². The molecule has 3 aromatic rings. The highest BCUT2D eigenvalue weighted by molar-refractivity contribution is 6.31. The van der Waals surface area contributed by atoms with Crippen molar-refractivity contribution >= 4 is 39.8 Å². The van der Waals surface area contributed by atoms with E-state index in [-0.39, 0.29) is 23.8 Å². The van der Waals surface area contributed by atoms with Crippen LogP contribution in [-0.4, -0.2) is 77.4 Å². The first kappa shape index (κ1) is 26.6. The second-order valence-corrected chi connectivity index (χ2v) is 8.12. The molecule has 3 rings (SSSR count). The van der Waals surface area contributed by atoms with Gasteiger partial charge in [0.25, 0.3) is 0 Å². The molecule has 0 aliphatic rings. The number of nitrogens with one attached hydrogen (secondary N) is 1. The minimum Gasteiger partial charge on any atom is -0.493 e. The van der Waals surface area contributed by atoms with Gasteiger partial charge in [-0.25, -0.2) is 14.4 Å². The molecule has 0 amide bonds. The minimum absolute atomic E-state index is 0.00721. The first-order valence-corrected chi connectivity index (χ1v) is 11.5. The van der Waals surface area contributed by atoms with E-state index < -0.39 is 12.4 Å². The molecule has 0 radical (unpaired) electrons. The molecule has 2 aromatic carbocycles. The highest BCUT2D eigenvalue weighted by Gasteiger charge is 2.14. The number of Topliss-reactive ketones (excluding diaryl/α,β-unsaturated/α-hetero) is 1. The van der Waals surface area contributed by atoms with Gasteiger partial charge < -0.3 is 25.0 Å². The predicted octanol–water partition coefficient (Wildman–Crippen LogP) is 3.19. The summed E-state index contributed by atoms with van der Waals surface area (Å²) in [5.74, 6) is 0.741. The van der Waals surface area contributed by atoms with Crippen LogP contribution in [-0.2, 0) is 4.79 Å². The molecule has 1 aromatic heterocycles. The molecular weight excluding hydrogens is 479 g/mol. The third kappa shape index (κ3) is 7.46. The quantitative estimate of drug-likeness (QED) is 0.303. The second kappa shape index (κ2) is 13.1. The zero-order chi connectivity index (χ0) is 25.2. The van der Waals surface area contributed by atoms with Crippen LogP contribution in [0.3, 0.4) is 0 Å². The molecule has 0 spiro atoms. The highest BCUT2D eigenvalue weighted by Crippen LogP contribution is 2.35. The van der Waals surface area contributed by atoms with Gasteiger partial charge in [0.05, 0.1) is 24.3 Å². The molecule has 9 nitrogen and oxygen atoms in total. The number of halogens is 2. The van der Waals surface area contributed by atoms with Crippen molar-refractivity contribution in [2.24, 2.45) is 0 Å². The SMILES string of the molecule is COc1cc2ncnc(Nc3ccc(F)c(Cl)c3)c2cc1OCCN(CCO)CCCC(=O)CO. The van der Waals surface area contributed by atoms with Crippen molar-refractivity contribution in [2.75, 3.05) is 51.9 Å². The van der Waals surface area contributed by atoms with E-state index in [1.54, 1.807) is 18.2 Å². The van der Waals surface area contributed by atoms with Crippen LogP contribution in [0.15, 0.2) is 36.7 Å². The molecule has 0 unspecified atom stereocenters. The first-order chi connectivity index (χ1) is 16.9. The van der Waals surface area contributed by atoms with Gasteiger partial charge in [0.15, 0.2) is 17.3 Å². The summed E-state index contributed by atoms with van der Waals surface area (Å²) >= 11 is 5.89. The Bertz CT molecular complexity index is 1150. The van der Waals surface area contributed by atoms with Gasteiger partial charge in [-0.1, -0.05) is 11.6 Å². The van der Waals surface area contributed by atoms with Crippen molar-refractivity contribution in [3.8, 4) is 11.5 Å². The number of ketones is 1. The fourth-order valence-electron chi connectivity index (χ4n) is 3.49. The van der Waals surface area contributed by atoms with Crippen molar-refractivity contribution < 1.29 is 28.9 Å². The predicted molar refractivity (Wildman–Crippen MR) is 131 cm³/mol. The summed E-state index contributed by atoms with van der Waals surface area (Å²) in [7, 11) is 1.53. The first-order valence-electron chi connectivity index (χ1n) is 11.1. The molecule has 11 heteroatoms. The van der Waals surface area contributed by atoms with Gasteiger partial charge in [0, 0.05) is 36.7 Å². The molecule has 0 aliphatic carbocycles. The number of carbonyl (C=O) groups excluding carboxylic acids is 1. The van der Waals surface area contributed by atoms with Gasteiger partial charge in [-0.3, -0.25) is 9.69 Å². The van der Waals surface area contributed by atoms with E-state index in [0.29, 0.717) is 66.6 Å². The fourth-order valence-corrected chi connectivity index (χ4v) is 3.67. The number of rotatable bonds is 14. The minimum atomic E-state index is -0.513. The molecule has 0 bridgehead atoms. The van der Waals surface area contributed by atoms with E-state index >= 15 is 0 Å². The lowest BCUT2D eigenvalue weighted by atomic mass is 10.2. The standard InChI is InChI=1S/C24H28ClFN4O5/c1-34-22-13-21-18(24(28-15-27-21)29-16-4-5-20(26)19(25)11-16)12-23(22)35-10-8-30(7-9-31)6-2-3-17(33)14-32/h4-5,11-13,15,31-32H,2-3,6-10,14H2,1H3,(H,27,28,29). The molecule has 0 fully saturated rings. The zero-order valence-electron chi connectivity index (χ0n) is 19.3. The van der Waals surface area contributed by atoms with Gasteiger partial charge in [-0.2, -0.15) is 0 Å². The molecule has 0 saturated heterocycles. The Morgan fingerprint density at radius 3 is 2.69 bits per heavy atom. The number of nitrogens with zero attached hydrogens (tertiary/aromatic N) is 3. The lowest BCUT2D eigenvalue weighted by molar-refractivity contribution is -0.121. The Morgan fingerprint density at radius 1 is 1.14 bits per heavy atom. The average molecular weight is 507 g/mol. The summed E-state index contributed by atoms with van der Waals surface area (Å²) in [6, 6.07) is 7.79. The number of ether oxygens (including phenoxy) is 2. The Morgan fingerprint density at radius 2 is 1.97 bits per heavy atom. The van der Waals surface area contributed by atoms with E-state index in [2.05, 4.69) is 15.3 Å². The van der Waals surface area contributed by atoms with Crippen LogP contribution in [0.25, 0.3) is 10.9 Å². The molecule has 1 heterocycles. The summed E-state index contributed by atoms with van der Waals surface area (Å²) in [5.41, 5.74) is 1.18. The second-order valence-electron chi connectivity index (χ2n) is 7.71. The molecule has 3 N–H and O–H groups in total. The number of aliphatic hydroxyl groups excluding tert-OH is 2. The Balaban J connectivity index is 1.74. The van der Waals surface area contributed by atoms with Crippen molar-refractivity contribution in [1.29, 1.82) is 0 Å². The number of benzene rings is 2. The number of fused-ring (bicyclic) bond motifs is 1. The van der Waals surface area contributed by atoms with Crippen molar-refractivity contribution in [2.45, 2.75) is 12.8 Å². The van der Waals surface area contributed by atoms with Crippen LogP contribution in [0.4, 0.5) is 15.9 Å². The number of hydrogen-bond acceptors (Lipinski definition) is 9. The summed E-state index contributed by atoms with van der Waals surface area (Å²) in [6.07, 6.45) is 2.27. The molecule has 0 atom stereocenters. The number of methoxy groups -OCH3 is 1. The van der Waals surface area contributed by atoms with Crippen LogP contribution >= 0.6 is 11.6 Å². The molecular formula is C24H28ClFN4O5. The summed E-state index contributed by atoms with van der Waals surface area (Å²) in [6.45, 7) is 1.37. The van der Waals surface area contributed by atoms with Crippen molar-refractivity contribution in [1.82, 2.24) is 14.9 Å². The number of aliphatic hydroxyl groups is 2. The van der Waals surface area contributed by atoms with Gasteiger partial charge in [-0.15, -0.1) is 0 Å². The molecule has 0 saturated carbocycles. The summed E-state index contributed by atoms with van der Waals surface area (Å²) < 4.78 is 25.0. The van der Waals surface area contributed by atoms with Gasteiger partial charge in [-0.05, 0) is 37.2 Å². The third-order valence-corrected chi connectivity index (χ3v) is 5.58. The van der Waals surface area contributed by atoms with Crippen LogP contribution in [0.1, 0.15) is 12.8 Å². The largest absolute Gasteiger partial charge is 0.493 e. The topological polar surface area (TPSA) is 117 Å². The summed E-state index contributed by atoms with van der Waals surface area (Å²) in [4.78, 5) is 21.9. The maximum atomic E-state index is 13.5. The number of carbonyl (C=O) groups is 1. The lowest BCUT2D eigenvalue weighted by Gasteiger charge is -2.21. The summed E-state index contributed by atoms with van der Waals surface area (Å²) in [5, 5.41) is 22.0. The Hall–Kier alpha value is -3.05. The molecule has 188 valence electrons. The maximum Gasteiger partial charge on any atom is 0.162 e. The van der Waals surface area contributed by atoms with Gasteiger partial charge >= 0.3 is 0 Å². The average Bonchev–Trinajstić information content (AvgIpc) is 2.86. The molecule has 0 aliphatic heterocycles. The van der Waals surface area contributed by atoms with Gasteiger partial charge in [0.1, 0.15) is 31.2 Å². The van der Waals surface area contributed by atoms with E-state index in [0.717, 1.165) is 0 Å². The van der Waals surface area contributed by atoms with Crippen LogP contribution in [0, 0.1) is 5.82 Å². The van der Waals surface area contributed by atoms with E-state index in [1.165, 1.54) is 25.6 Å². The maximum absolute atomic E-state index is 13.5. The number of anilines is 2. The lowest BCUT2D eigenvalue weighted by Crippen LogP contribution is -2.32. The fraction of sp³-hybridized carbons (Fsp3) is 0.375. The Labute approximate surface area is 207 Å². The molecule has 35 heavy (non-hydrogen) atoms.